The second kappa shape index (κ2) is 8.93. The molecule has 0 spiro atoms. The van der Waals surface area contributed by atoms with Crippen molar-refractivity contribution in [2.75, 3.05) is 19.6 Å². The van der Waals surface area contributed by atoms with Crippen LogP contribution in [-0.4, -0.2) is 49.2 Å². The van der Waals surface area contributed by atoms with Crippen molar-refractivity contribution in [3.05, 3.63) is 64.1 Å². The number of piperidine rings is 1. The summed E-state index contributed by atoms with van der Waals surface area (Å²) >= 11 is 0. The van der Waals surface area contributed by atoms with E-state index in [1.54, 1.807) is 24.2 Å². The number of carbonyl (C=O) groups excluding carboxylic acids is 2. The molecule has 1 N–H and O–H groups in total. The number of rotatable bonds is 6. The lowest BCUT2D eigenvalue weighted by Crippen LogP contribution is -2.43. The maximum atomic E-state index is 12.6. The average Bonchev–Trinajstić information content (AvgIpc) is 2.74. The third-order valence-electron chi connectivity index (χ3n) is 5.39. The number of carbonyl (C=O) groups is 2. The number of amides is 1. The summed E-state index contributed by atoms with van der Waals surface area (Å²) < 4.78 is 29.0. The van der Waals surface area contributed by atoms with Gasteiger partial charge in [0.25, 0.3) is 11.5 Å². The van der Waals surface area contributed by atoms with E-state index in [0.29, 0.717) is 31.5 Å². The lowest BCUT2D eigenvalue weighted by molar-refractivity contribution is 0.0689. The predicted octanol–water partition coefficient (Wildman–Crippen LogP) is 1.42. The molecule has 1 saturated heterocycles. The first-order valence-electron chi connectivity index (χ1n) is 9.74. The number of Topliss-reactive ketones (excluding diaryl/α,β-unsaturated/α-hetero) is 1. The Kier molecular flexibility index (Phi) is 6.52. The fourth-order valence-electron chi connectivity index (χ4n) is 3.45. The number of sulfonamides is 1. The number of hydrogen-bond donors (Lipinski definition) is 1. The van der Waals surface area contributed by atoms with Crippen LogP contribution in [0.1, 0.15) is 40.5 Å². The third kappa shape index (κ3) is 4.85. The molecule has 9 heteroatoms. The number of aryl methyl sites for hydroxylation is 1. The molecule has 1 aliphatic rings. The largest absolute Gasteiger partial charge is 0.338 e. The number of benzene rings is 1. The van der Waals surface area contributed by atoms with E-state index in [4.69, 9.17) is 0 Å². The minimum atomic E-state index is -3.67. The maximum Gasteiger partial charge on any atom is 0.263 e. The maximum absolute atomic E-state index is 12.6. The van der Waals surface area contributed by atoms with Crippen LogP contribution in [-0.2, 0) is 17.1 Å². The lowest BCUT2D eigenvalue weighted by atomic mass is 9.97. The van der Waals surface area contributed by atoms with Crippen LogP contribution in [0.4, 0.5) is 0 Å². The van der Waals surface area contributed by atoms with E-state index < -0.39 is 10.0 Å². The van der Waals surface area contributed by atoms with Crippen molar-refractivity contribution >= 4 is 21.7 Å². The van der Waals surface area contributed by atoms with Gasteiger partial charge in [0.15, 0.2) is 5.78 Å². The first-order valence-corrected chi connectivity index (χ1v) is 11.2. The molecule has 0 bridgehead atoms. The minimum absolute atomic E-state index is 0.0962. The molecule has 1 fully saturated rings. The number of nitrogens with zero attached hydrogens (tertiary/aromatic N) is 2. The first-order chi connectivity index (χ1) is 14.2. The Balaban J connectivity index is 1.55. The number of pyridine rings is 1. The fraction of sp³-hybridized carbons (Fsp3) is 0.381. The molecule has 1 amide bonds. The second-order valence-electron chi connectivity index (χ2n) is 7.51. The van der Waals surface area contributed by atoms with Crippen molar-refractivity contribution in [3.63, 3.8) is 0 Å². The smallest absolute Gasteiger partial charge is 0.263 e. The summed E-state index contributed by atoms with van der Waals surface area (Å²) in [6, 6.07) is 9.02. The molecule has 8 nitrogen and oxygen atoms in total. The Bertz CT molecular complexity index is 1100. The van der Waals surface area contributed by atoms with Crippen LogP contribution in [0.5, 0.6) is 0 Å². The molecule has 1 aliphatic heterocycles. The topological polar surface area (TPSA) is 106 Å². The molecular formula is C21H25N3O5S. The number of nitrogens with one attached hydrogen (secondary N) is 1. The van der Waals surface area contributed by atoms with Crippen LogP contribution in [0.15, 0.2) is 52.3 Å². The van der Waals surface area contributed by atoms with Gasteiger partial charge in [-0.05, 0) is 49.9 Å². The van der Waals surface area contributed by atoms with Gasteiger partial charge in [-0.1, -0.05) is 12.1 Å². The monoisotopic (exact) mass is 431 g/mol. The van der Waals surface area contributed by atoms with Gasteiger partial charge in [-0.3, -0.25) is 14.4 Å². The molecule has 30 heavy (non-hydrogen) atoms. The van der Waals surface area contributed by atoms with Crippen LogP contribution in [0.25, 0.3) is 0 Å². The first kappa shape index (κ1) is 21.9. The van der Waals surface area contributed by atoms with Gasteiger partial charge in [0.2, 0.25) is 10.0 Å². The quantitative estimate of drug-likeness (QED) is 0.697. The number of ketones is 1. The zero-order chi connectivity index (χ0) is 21.9. The van der Waals surface area contributed by atoms with Crippen LogP contribution in [0, 0.1) is 5.92 Å². The fourth-order valence-corrected chi connectivity index (χ4v) is 4.57. The van der Waals surface area contributed by atoms with E-state index in [2.05, 4.69) is 4.72 Å². The summed E-state index contributed by atoms with van der Waals surface area (Å²) in [5.74, 6) is -0.318. The molecule has 1 aromatic carbocycles. The lowest BCUT2D eigenvalue weighted by Gasteiger charge is -2.32. The van der Waals surface area contributed by atoms with Crippen molar-refractivity contribution in [2.45, 2.75) is 24.7 Å². The Labute approximate surface area is 175 Å². The summed E-state index contributed by atoms with van der Waals surface area (Å²) in [4.78, 5) is 37.9. The zero-order valence-electron chi connectivity index (χ0n) is 17.0. The molecule has 0 unspecified atom stereocenters. The van der Waals surface area contributed by atoms with Crippen molar-refractivity contribution in [2.24, 2.45) is 13.0 Å². The van der Waals surface area contributed by atoms with Crippen molar-refractivity contribution in [1.29, 1.82) is 0 Å². The summed E-state index contributed by atoms with van der Waals surface area (Å²) in [5.41, 5.74) is 0.278. The summed E-state index contributed by atoms with van der Waals surface area (Å²) in [6.45, 7) is 2.63. The molecule has 3 rings (SSSR count). The van der Waals surface area contributed by atoms with Gasteiger partial charge < -0.3 is 9.47 Å². The number of likely N-dealkylation sites (tertiary alicyclic amines) is 1. The number of aromatic nitrogens is 1. The summed E-state index contributed by atoms with van der Waals surface area (Å²) in [5, 5.41) is 0. The van der Waals surface area contributed by atoms with Gasteiger partial charge in [0.1, 0.15) is 5.56 Å². The van der Waals surface area contributed by atoms with E-state index in [9.17, 15) is 22.8 Å². The van der Waals surface area contributed by atoms with Crippen LogP contribution >= 0.6 is 0 Å². The van der Waals surface area contributed by atoms with E-state index in [1.165, 1.54) is 41.8 Å². The minimum Gasteiger partial charge on any atom is -0.338 e. The van der Waals surface area contributed by atoms with Gasteiger partial charge >= 0.3 is 0 Å². The SMILES string of the molecule is CC(=O)c1ccc(S(=O)(=O)NCC2CCN(C(=O)c3cccn(C)c3=O)CC2)cc1. The van der Waals surface area contributed by atoms with E-state index >= 15 is 0 Å². The summed E-state index contributed by atoms with van der Waals surface area (Å²) in [6.07, 6.45) is 2.89. The van der Waals surface area contributed by atoms with E-state index in [1.807, 2.05) is 0 Å². The highest BCUT2D eigenvalue weighted by Gasteiger charge is 2.26. The summed E-state index contributed by atoms with van der Waals surface area (Å²) in [7, 11) is -2.07. The Hall–Kier alpha value is -2.78. The van der Waals surface area contributed by atoms with E-state index in [0.717, 1.165) is 0 Å². The zero-order valence-corrected chi connectivity index (χ0v) is 17.8. The van der Waals surface area contributed by atoms with Crippen LogP contribution in [0.3, 0.4) is 0 Å². The molecule has 0 atom stereocenters. The molecule has 2 aromatic rings. The van der Waals surface area contributed by atoms with Gasteiger partial charge in [0.05, 0.1) is 4.90 Å². The molecule has 0 radical (unpaired) electrons. The van der Waals surface area contributed by atoms with Crippen molar-refractivity contribution in [3.8, 4) is 0 Å². The van der Waals surface area contributed by atoms with E-state index in [-0.39, 0.29) is 40.2 Å². The molecular weight excluding hydrogens is 406 g/mol. The Morgan fingerprint density at radius 3 is 2.33 bits per heavy atom. The van der Waals surface area contributed by atoms with Gasteiger partial charge in [-0.25, -0.2) is 13.1 Å². The average molecular weight is 432 g/mol. The van der Waals surface area contributed by atoms with Crippen LogP contribution in [0.2, 0.25) is 0 Å². The van der Waals surface area contributed by atoms with Crippen molar-refractivity contribution in [1.82, 2.24) is 14.2 Å². The Morgan fingerprint density at radius 1 is 1.10 bits per heavy atom. The molecule has 0 aliphatic carbocycles. The number of hydrogen-bond acceptors (Lipinski definition) is 5. The molecule has 1 aromatic heterocycles. The predicted molar refractivity (Wildman–Crippen MR) is 112 cm³/mol. The third-order valence-corrected chi connectivity index (χ3v) is 6.83. The standard InChI is InChI=1S/C21H25N3O5S/c1-15(25)17-5-7-18(8-6-17)30(28,29)22-14-16-9-12-24(13-10-16)21(27)19-4-3-11-23(2)20(19)26/h3-8,11,16,22H,9-10,12-14H2,1-2H3. The normalized spacial score (nSPS) is 15.2. The Morgan fingerprint density at radius 2 is 1.73 bits per heavy atom. The molecule has 2 heterocycles. The van der Waals surface area contributed by atoms with Gasteiger partial charge in [0, 0.05) is 38.4 Å². The van der Waals surface area contributed by atoms with Crippen LogP contribution < -0.4 is 10.3 Å². The highest BCUT2D eigenvalue weighted by Crippen LogP contribution is 2.19. The second-order valence-corrected chi connectivity index (χ2v) is 9.27. The molecule has 160 valence electrons. The highest BCUT2D eigenvalue weighted by molar-refractivity contribution is 7.89. The van der Waals surface area contributed by atoms with Crippen molar-refractivity contribution < 1.29 is 18.0 Å². The molecule has 0 saturated carbocycles. The highest BCUT2D eigenvalue weighted by atomic mass is 32.2. The van der Waals surface area contributed by atoms with Gasteiger partial charge in [-0.2, -0.15) is 0 Å². The van der Waals surface area contributed by atoms with Gasteiger partial charge in [-0.15, -0.1) is 0 Å².